The summed E-state index contributed by atoms with van der Waals surface area (Å²) < 4.78 is 4.69. The van der Waals surface area contributed by atoms with Crippen LogP contribution >= 0.6 is 0 Å². The molecule has 1 amide bonds. The van der Waals surface area contributed by atoms with Gasteiger partial charge in [-0.25, -0.2) is 9.80 Å². The maximum atomic E-state index is 9.93. The van der Waals surface area contributed by atoms with E-state index in [1.165, 1.54) is 11.4 Å². The number of amides is 1. The van der Waals surface area contributed by atoms with E-state index in [-0.39, 0.29) is 6.67 Å². The monoisotopic (exact) mass is 145 g/mol. The summed E-state index contributed by atoms with van der Waals surface area (Å²) in [4.78, 5) is 9.93. The molecule has 0 aromatic rings. The van der Waals surface area contributed by atoms with Crippen LogP contribution < -0.4 is 5.32 Å². The van der Waals surface area contributed by atoms with Gasteiger partial charge >= 0.3 is 6.09 Å². The normalized spacial score (nSPS) is 15.0. The maximum Gasteiger partial charge on any atom is 0.406 e. The van der Waals surface area contributed by atoms with Gasteiger partial charge < -0.3 is 15.2 Å². The zero-order chi connectivity index (χ0) is 7.40. The van der Waals surface area contributed by atoms with Crippen LogP contribution in [0.5, 0.6) is 0 Å². The molecule has 10 heavy (non-hydrogen) atoms. The molecule has 0 radical (unpaired) electrons. The van der Waals surface area contributed by atoms with Crippen LogP contribution in [0.25, 0.3) is 0 Å². The van der Waals surface area contributed by atoms with Crippen LogP contribution in [-0.4, -0.2) is 36.0 Å². The van der Waals surface area contributed by atoms with Gasteiger partial charge in [0.25, 0.3) is 0 Å². The van der Waals surface area contributed by atoms with E-state index < -0.39 is 6.09 Å². The van der Waals surface area contributed by atoms with Gasteiger partial charge in [-0.05, 0) is 0 Å². The molecule has 0 aliphatic carbocycles. The number of ether oxygens (including phenoxy) is 1. The van der Waals surface area contributed by atoms with Gasteiger partial charge in [-0.1, -0.05) is 0 Å². The molecule has 0 atom stereocenters. The Morgan fingerprint density at radius 1 is 2.00 bits per heavy atom. The van der Waals surface area contributed by atoms with Crippen molar-refractivity contribution >= 4 is 12.5 Å². The Morgan fingerprint density at radius 2 is 2.80 bits per heavy atom. The summed E-state index contributed by atoms with van der Waals surface area (Å²) in [5.41, 5.74) is 0. The summed E-state index contributed by atoms with van der Waals surface area (Å²) in [6, 6.07) is 0. The molecule has 1 aliphatic rings. The van der Waals surface area contributed by atoms with Crippen LogP contribution in [0.15, 0.2) is 5.10 Å². The molecular weight excluding hydrogens is 138 g/mol. The van der Waals surface area contributed by atoms with Crippen LogP contribution in [0.2, 0.25) is 0 Å². The summed E-state index contributed by atoms with van der Waals surface area (Å²) in [7, 11) is 0. The maximum absolute atomic E-state index is 9.93. The predicted octanol–water partition coefficient (Wildman–Crippen LogP) is -0.556. The number of nitrogens with one attached hydrogen (secondary N) is 1. The van der Waals surface area contributed by atoms with Gasteiger partial charge in [0, 0.05) is 0 Å². The lowest BCUT2D eigenvalue weighted by atomic mass is 10.9. The first-order chi connectivity index (χ1) is 4.79. The quantitative estimate of drug-likeness (QED) is 0.546. The fourth-order valence-corrected chi connectivity index (χ4v) is 0.498. The minimum Gasteiger partial charge on any atom is -0.465 e. The largest absolute Gasteiger partial charge is 0.465 e. The van der Waals surface area contributed by atoms with Crippen molar-refractivity contribution in [2.75, 3.05) is 13.4 Å². The second-order valence-corrected chi connectivity index (χ2v) is 1.66. The smallest absolute Gasteiger partial charge is 0.406 e. The first-order valence-corrected chi connectivity index (χ1v) is 2.65. The number of hydrazone groups is 1. The summed E-state index contributed by atoms with van der Waals surface area (Å²) in [5.74, 6) is 0. The van der Waals surface area contributed by atoms with Crippen LogP contribution in [0.4, 0.5) is 4.79 Å². The Bertz CT molecular complexity index is 158. The average Bonchev–Trinajstić information content (AvgIpc) is 2.34. The molecule has 56 valence electrons. The van der Waals surface area contributed by atoms with Gasteiger partial charge in [-0.3, -0.25) is 0 Å². The molecule has 0 unspecified atom stereocenters. The first kappa shape index (κ1) is 6.66. The summed E-state index contributed by atoms with van der Waals surface area (Å²) in [6.07, 6.45) is 0.200. The third-order valence-corrected chi connectivity index (χ3v) is 0.921. The number of rotatable bonds is 2. The molecule has 6 nitrogen and oxygen atoms in total. The number of carboxylic acid groups (broad SMARTS) is 1. The van der Waals surface area contributed by atoms with Crippen molar-refractivity contribution in [3.05, 3.63) is 0 Å². The Hall–Kier alpha value is -1.46. The second kappa shape index (κ2) is 2.90. The Morgan fingerprint density at radius 3 is 3.30 bits per heavy atom. The molecule has 0 fully saturated rings. The van der Waals surface area contributed by atoms with E-state index in [0.717, 1.165) is 0 Å². The van der Waals surface area contributed by atoms with Gasteiger partial charge in [-0.15, -0.1) is 5.10 Å². The highest BCUT2D eigenvalue weighted by atomic mass is 16.5. The van der Waals surface area contributed by atoms with E-state index in [9.17, 15) is 4.79 Å². The van der Waals surface area contributed by atoms with Crippen molar-refractivity contribution in [3.8, 4) is 0 Å². The summed E-state index contributed by atoms with van der Waals surface area (Å²) >= 11 is 0. The molecule has 1 heterocycles. The zero-order valence-corrected chi connectivity index (χ0v) is 5.15. The first-order valence-electron chi connectivity index (χ1n) is 2.65. The SMILES string of the molecule is O=C(O)NCN1COC=N1. The molecule has 0 spiro atoms. The highest BCUT2D eigenvalue weighted by Crippen LogP contribution is 1.92. The van der Waals surface area contributed by atoms with Crippen LogP contribution in [0, 0.1) is 0 Å². The predicted molar refractivity (Wildman–Crippen MR) is 32.3 cm³/mol. The standard InChI is InChI=1S/C4H7N3O3/c8-4(9)5-1-7-3-10-2-6-7/h2,5H,1,3H2,(H,8,9). The molecule has 1 rings (SSSR count). The second-order valence-electron chi connectivity index (χ2n) is 1.66. The van der Waals surface area contributed by atoms with E-state index >= 15 is 0 Å². The number of hydrogen-bond acceptors (Lipinski definition) is 4. The van der Waals surface area contributed by atoms with Crippen molar-refractivity contribution in [1.29, 1.82) is 0 Å². The molecule has 6 heteroatoms. The molecule has 0 saturated heterocycles. The number of hydrogen-bond donors (Lipinski definition) is 2. The lowest BCUT2D eigenvalue weighted by Crippen LogP contribution is -2.32. The van der Waals surface area contributed by atoms with Gasteiger partial charge in [0.1, 0.15) is 6.67 Å². The van der Waals surface area contributed by atoms with Gasteiger partial charge in [0.2, 0.25) is 0 Å². The van der Waals surface area contributed by atoms with E-state index in [2.05, 4.69) is 10.4 Å². The molecule has 2 N–H and O–H groups in total. The van der Waals surface area contributed by atoms with Crippen LogP contribution in [-0.2, 0) is 4.74 Å². The Balaban J connectivity index is 2.13. The highest BCUT2D eigenvalue weighted by molar-refractivity contribution is 5.64. The average molecular weight is 145 g/mol. The van der Waals surface area contributed by atoms with Crippen LogP contribution in [0.3, 0.4) is 0 Å². The minimum absolute atomic E-state index is 0.159. The van der Waals surface area contributed by atoms with Crippen molar-refractivity contribution < 1.29 is 14.6 Å². The Kier molecular flexibility index (Phi) is 1.93. The van der Waals surface area contributed by atoms with Crippen molar-refractivity contribution in [1.82, 2.24) is 10.3 Å². The van der Waals surface area contributed by atoms with Crippen LogP contribution in [0.1, 0.15) is 0 Å². The summed E-state index contributed by atoms with van der Waals surface area (Å²) in [6.45, 7) is 0.464. The van der Waals surface area contributed by atoms with Crippen molar-refractivity contribution in [2.45, 2.75) is 0 Å². The third-order valence-electron chi connectivity index (χ3n) is 0.921. The van der Waals surface area contributed by atoms with Crippen molar-refractivity contribution in [2.24, 2.45) is 5.10 Å². The number of nitrogens with zero attached hydrogens (tertiary/aromatic N) is 2. The van der Waals surface area contributed by atoms with E-state index in [1.54, 1.807) is 0 Å². The highest BCUT2D eigenvalue weighted by Gasteiger charge is 2.05. The molecule has 0 saturated carbocycles. The topological polar surface area (TPSA) is 74.2 Å². The molecular formula is C4H7N3O3. The van der Waals surface area contributed by atoms with E-state index in [0.29, 0.717) is 6.73 Å². The fraction of sp³-hybridized carbons (Fsp3) is 0.500. The van der Waals surface area contributed by atoms with Gasteiger partial charge in [0.05, 0.1) is 0 Å². The van der Waals surface area contributed by atoms with Crippen molar-refractivity contribution in [3.63, 3.8) is 0 Å². The minimum atomic E-state index is -1.07. The molecule has 1 aliphatic heterocycles. The zero-order valence-electron chi connectivity index (χ0n) is 5.15. The molecule has 0 aromatic carbocycles. The lowest BCUT2D eigenvalue weighted by Gasteiger charge is -2.09. The lowest BCUT2D eigenvalue weighted by molar-refractivity contribution is 0.149. The number of carbonyl (C=O) groups is 1. The van der Waals surface area contributed by atoms with E-state index in [4.69, 9.17) is 9.84 Å². The van der Waals surface area contributed by atoms with Gasteiger partial charge in [0.15, 0.2) is 13.1 Å². The fourth-order valence-electron chi connectivity index (χ4n) is 0.498. The third kappa shape index (κ3) is 1.81. The molecule has 0 aromatic heterocycles. The molecule has 0 bridgehead atoms. The Labute approximate surface area is 57.1 Å². The summed E-state index contributed by atoms with van der Waals surface area (Å²) in [5, 5.41) is 15.4. The van der Waals surface area contributed by atoms with E-state index in [1.807, 2.05) is 0 Å². The van der Waals surface area contributed by atoms with Gasteiger partial charge in [-0.2, -0.15) is 0 Å².